The predicted octanol–water partition coefficient (Wildman–Crippen LogP) is 2.61. The van der Waals surface area contributed by atoms with Crippen molar-refractivity contribution in [2.24, 2.45) is 0 Å². The molecule has 0 atom stereocenters. The standard InChI is InChI=1S/C13H19ClN4/c1-3-17(4-2)7-8-18-12-9-10(14)5-6-11(12)16-13(18)15/h5-6,9H,3-4,7-8H2,1-2H3,(H2,15,16). The third kappa shape index (κ3) is 2.60. The average Bonchev–Trinajstić information content (AvgIpc) is 2.66. The SMILES string of the molecule is CCN(CC)CCn1c(N)nc2ccc(Cl)cc21. The molecule has 0 aliphatic heterocycles. The van der Waals surface area contributed by atoms with Gasteiger partial charge in [0.05, 0.1) is 11.0 Å². The fourth-order valence-corrected chi connectivity index (χ4v) is 2.30. The number of nitrogens with zero attached hydrogens (tertiary/aromatic N) is 3. The third-order valence-electron chi connectivity index (χ3n) is 3.27. The van der Waals surface area contributed by atoms with Crippen LogP contribution in [0.4, 0.5) is 5.95 Å². The van der Waals surface area contributed by atoms with E-state index in [0.29, 0.717) is 11.0 Å². The third-order valence-corrected chi connectivity index (χ3v) is 3.51. The summed E-state index contributed by atoms with van der Waals surface area (Å²) < 4.78 is 2.03. The van der Waals surface area contributed by atoms with Crippen LogP contribution in [0.15, 0.2) is 18.2 Å². The Balaban J connectivity index is 2.26. The van der Waals surface area contributed by atoms with Gasteiger partial charge in [0.1, 0.15) is 0 Å². The van der Waals surface area contributed by atoms with Crippen LogP contribution in [-0.2, 0) is 6.54 Å². The summed E-state index contributed by atoms with van der Waals surface area (Å²) in [5, 5.41) is 0.714. The van der Waals surface area contributed by atoms with Crippen LogP contribution in [-0.4, -0.2) is 34.1 Å². The summed E-state index contributed by atoms with van der Waals surface area (Å²) in [6.45, 7) is 8.22. The van der Waals surface area contributed by atoms with Gasteiger partial charge in [-0.1, -0.05) is 25.4 Å². The highest BCUT2D eigenvalue weighted by Crippen LogP contribution is 2.21. The molecule has 1 aromatic carbocycles. The second-order valence-corrected chi connectivity index (χ2v) is 4.72. The van der Waals surface area contributed by atoms with Crippen molar-refractivity contribution in [1.29, 1.82) is 0 Å². The summed E-state index contributed by atoms with van der Waals surface area (Å²) in [6, 6.07) is 5.66. The van der Waals surface area contributed by atoms with Crippen LogP contribution in [0.1, 0.15) is 13.8 Å². The van der Waals surface area contributed by atoms with E-state index < -0.39 is 0 Å². The molecule has 0 spiro atoms. The molecule has 0 bridgehead atoms. The first-order valence-electron chi connectivity index (χ1n) is 6.29. The Kier molecular flexibility index (Phi) is 4.09. The molecule has 2 rings (SSSR count). The number of nitrogens with two attached hydrogens (primary N) is 1. The van der Waals surface area contributed by atoms with Crippen molar-refractivity contribution in [3.8, 4) is 0 Å². The molecular formula is C13H19ClN4. The fraction of sp³-hybridized carbons (Fsp3) is 0.462. The van der Waals surface area contributed by atoms with Crippen LogP contribution in [0.2, 0.25) is 5.02 Å². The number of aromatic nitrogens is 2. The average molecular weight is 267 g/mol. The van der Waals surface area contributed by atoms with Gasteiger partial charge in [-0.15, -0.1) is 0 Å². The highest BCUT2D eigenvalue weighted by Gasteiger charge is 2.09. The molecule has 0 saturated heterocycles. The lowest BCUT2D eigenvalue weighted by Crippen LogP contribution is -2.27. The van der Waals surface area contributed by atoms with E-state index in [4.69, 9.17) is 17.3 Å². The number of likely N-dealkylation sites (N-methyl/N-ethyl adjacent to an activating group) is 1. The Bertz CT molecular complexity index is 531. The molecule has 98 valence electrons. The van der Waals surface area contributed by atoms with Crippen molar-refractivity contribution in [1.82, 2.24) is 14.5 Å². The molecule has 0 aliphatic rings. The smallest absolute Gasteiger partial charge is 0.201 e. The van der Waals surface area contributed by atoms with E-state index in [0.717, 1.165) is 37.2 Å². The zero-order chi connectivity index (χ0) is 13.1. The molecule has 0 amide bonds. The van der Waals surface area contributed by atoms with Crippen LogP contribution in [0.25, 0.3) is 11.0 Å². The van der Waals surface area contributed by atoms with Gasteiger partial charge in [0.25, 0.3) is 0 Å². The van der Waals surface area contributed by atoms with Crippen molar-refractivity contribution in [2.75, 3.05) is 25.4 Å². The van der Waals surface area contributed by atoms with E-state index in [1.165, 1.54) is 0 Å². The minimum Gasteiger partial charge on any atom is -0.369 e. The second-order valence-electron chi connectivity index (χ2n) is 4.28. The van der Waals surface area contributed by atoms with Crippen LogP contribution in [0, 0.1) is 0 Å². The van der Waals surface area contributed by atoms with E-state index in [-0.39, 0.29) is 0 Å². The monoisotopic (exact) mass is 266 g/mol. The van der Waals surface area contributed by atoms with Gasteiger partial charge in [-0.05, 0) is 31.3 Å². The molecule has 0 saturated carbocycles. The summed E-state index contributed by atoms with van der Waals surface area (Å²) in [4.78, 5) is 6.70. The van der Waals surface area contributed by atoms with Gasteiger partial charge in [-0.2, -0.15) is 0 Å². The normalized spacial score (nSPS) is 11.6. The van der Waals surface area contributed by atoms with Crippen molar-refractivity contribution in [3.05, 3.63) is 23.2 Å². The topological polar surface area (TPSA) is 47.1 Å². The number of rotatable bonds is 5. The second kappa shape index (κ2) is 5.59. The van der Waals surface area contributed by atoms with E-state index in [1.807, 2.05) is 22.8 Å². The van der Waals surface area contributed by atoms with Gasteiger partial charge >= 0.3 is 0 Å². The quantitative estimate of drug-likeness (QED) is 0.905. The van der Waals surface area contributed by atoms with Crippen LogP contribution >= 0.6 is 11.6 Å². The van der Waals surface area contributed by atoms with E-state index in [9.17, 15) is 0 Å². The minimum absolute atomic E-state index is 0.555. The first-order chi connectivity index (χ1) is 8.65. The number of anilines is 1. The Hall–Kier alpha value is -1.26. The summed E-state index contributed by atoms with van der Waals surface area (Å²) in [7, 11) is 0. The molecule has 2 N–H and O–H groups in total. The maximum atomic E-state index is 6.02. The minimum atomic E-state index is 0.555. The predicted molar refractivity (Wildman–Crippen MR) is 76.9 cm³/mol. The Labute approximate surface area is 112 Å². The van der Waals surface area contributed by atoms with Crippen molar-refractivity contribution in [2.45, 2.75) is 20.4 Å². The molecular weight excluding hydrogens is 248 g/mol. The molecule has 0 unspecified atom stereocenters. The van der Waals surface area contributed by atoms with Gasteiger partial charge in [-0.25, -0.2) is 4.98 Å². The first kappa shape index (κ1) is 13.2. The van der Waals surface area contributed by atoms with Crippen LogP contribution < -0.4 is 5.73 Å². The molecule has 0 radical (unpaired) electrons. The van der Waals surface area contributed by atoms with Gasteiger partial charge in [0, 0.05) is 18.1 Å². The number of hydrogen-bond acceptors (Lipinski definition) is 3. The number of halogens is 1. The molecule has 4 nitrogen and oxygen atoms in total. The maximum Gasteiger partial charge on any atom is 0.201 e. The molecule has 0 aliphatic carbocycles. The van der Waals surface area contributed by atoms with Gasteiger partial charge in [-0.3, -0.25) is 0 Å². The molecule has 18 heavy (non-hydrogen) atoms. The molecule has 0 fully saturated rings. The Morgan fingerprint density at radius 2 is 2.06 bits per heavy atom. The highest BCUT2D eigenvalue weighted by atomic mass is 35.5. The zero-order valence-electron chi connectivity index (χ0n) is 10.9. The first-order valence-corrected chi connectivity index (χ1v) is 6.67. The summed E-state index contributed by atoms with van der Waals surface area (Å²) in [5.74, 6) is 0.555. The maximum absolute atomic E-state index is 6.02. The van der Waals surface area contributed by atoms with Crippen molar-refractivity contribution >= 4 is 28.6 Å². The number of imidazole rings is 1. The number of fused-ring (bicyclic) bond motifs is 1. The van der Waals surface area contributed by atoms with Crippen molar-refractivity contribution < 1.29 is 0 Å². The Morgan fingerprint density at radius 3 is 2.72 bits per heavy atom. The summed E-state index contributed by atoms with van der Waals surface area (Å²) >= 11 is 6.02. The van der Waals surface area contributed by atoms with Crippen molar-refractivity contribution in [3.63, 3.8) is 0 Å². The van der Waals surface area contributed by atoms with E-state index in [1.54, 1.807) is 0 Å². The van der Waals surface area contributed by atoms with Gasteiger partial charge < -0.3 is 15.2 Å². The summed E-state index contributed by atoms with van der Waals surface area (Å²) in [5.41, 5.74) is 7.87. The number of benzene rings is 1. The lowest BCUT2D eigenvalue weighted by Gasteiger charge is -2.18. The summed E-state index contributed by atoms with van der Waals surface area (Å²) in [6.07, 6.45) is 0. The largest absolute Gasteiger partial charge is 0.369 e. The highest BCUT2D eigenvalue weighted by molar-refractivity contribution is 6.31. The van der Waals surface area contributed by atoms with Gasteiger partial charge in [0.15, 0.2) is 0 Å². The lowest BCUT2D eigenvalue weighted by atomic mass is 10.3. The molecule has 5 heteroatoms. The van der Waals surface area contributed by atoms with Crippen LogP contribution in [0.5, 0.6) is 0 Å². The zero-order valence-corrected chi connectivity index (χ0v) is 11.6. The number of hydrogen-bond donors (Lipinski definition) is 1. The molecule has 1 aromatic heterocycles. The van der Waals surface area contributed by atoms with E-state index >= 15 is 0 Å². The van der Waals surface area contributed by atoms with E-state index in [2.05, 4.69) is 23.7 Å². The fourth-order valence-electron chi connectivity index (χ4n) is 2.13. The Morgan fingerprint density at radius 1 is 1.33 bits per heavy atom. The molecule has 2 aromatic rings. The lowest BCUT2D eigenvalue weighted by molar-refractivity contribution is 0.292. The molecule has 1 heterocycles. The van der Waals surface area contributed by atoms with Crippen LogP contribution in [0.3, 0.4) is 0 Å². The van der Waals surface area contributed by atoms with Gasteiger partial charge in [0.2, 0.25) is 5.95 Å². The number of nitrogen functional groups attached to an aromatic ring is 1.